The molecule has 182 valence electrons. The fourth-order valence-electron chi connectivity index (χ4n) is 4.33. The number of benzene rings is 2. The third-order valence-electron chi connectivity index (χ3n) is 6.09. The van der Waals surface area contributed by atoms with E-state index in [1.165, 1.54) is 6.33 Å². The summed E-state index contributed by atoms with van der Waals surface area (Å²) >= 11 is 0. The van der Waals surface area contributed by atoms with Crippen LogP contribution in [0, 0.1) is 6.92 Å². The quantitative estimate of drug-likeness (QED) is 0.382. The van der Waals surface area contributed by atoms with Crippen LogP contribution in [0.25, 0.3) is 16.6 Å². The minimum absolute atomic E-state index is 0.448. The van der Waals surface area contributed by atoms with E-state index >= 15 is 0 Å². The van der Waals surface area contributed by atoms with Crippen molar-refractivity contribution in [1.29, 1.82) is 0 Å². The minimum atomic E-state index is 0.448. The zero-order valence-electron chi connectivity index (χ0n) is 19.9. The van der Waals surface area contributed by atoms with Gasteiger partial charge in [-0.2, -0.15) is 5.10 Å². The highest BCUT2D eigenvalue weighted by atomic mass is 16.5. The molecule has 0 atom stereocenters. The van der Waals surface area contributed by atoms with Gasteiger partial charge in [0.2, 0.25) is 5.88 Å². The topological polar surface area (TPSA) is 112 Å². The van der Waals surface area contributed by atoms with Crippen molar-refractivity contribution in [3.8, 4) is 17.4 Å². The van der Waals surface area contributed by atoms with Crippen molar-refractivity contribution in [3.05, 3.63) is 60.9 Å². The summed E-state index contributed by atoms with van der Waals surface area (Å²) in [6, 6.07) is 11.5. The lowest BCUT2D eigenvalue weighted by Crippen LogP contribution is -2.36. The highest BCUT2D eigenvalue weighted by Gasteiger charge is 2.22. The largest absolute Gasteiger partial charge is 0.495 e. The zero-order valence-corrected chi connectivity index (χ0v) is 19.9. The first-order chi connectivity index (χ1) is 17.7. The van der Waals surface area contributed by atoms with Crippen LogP contribution in [-0.2, 0) is 4.74 Å². The van der Waals surface area contributed by atoms with Crippen LogP contribution >= 0.6 is 0 Å². The van der Waals surface area contributed by atoms with E-state index in [0.717, 1.165) is 46.7 Å². The van der Waals surface area contributed by atoms with Gasteiger partial charge >= 0.3 is 0 Å². The van der Waals surface area contributed by atoms with E-state index in [9.17, 15) is 0 Å². The SMILES string of the molecule is COc1ccc2ncnc(Nc3ccc(Oc4cc5ncnn5cn4)c(C)c3)c2c1N1CCOCC1. The molecule has 3 aromatic heterocycles. The zero-order chi connectivity index (χ0) is 24.5. The van der Waals surface area contributed by atoms with Crippen molar-refractivity contribution in [2.45, 2.75) is 6.92 Å². The van der Waals surface area contributed by atoms with E-state index in [-0.39, 0.29) is 0 Å². The summed E-state index contributed by atoms with van der Waals surface area (Å²) < 4.78 is 18.9. The lowest BCUT2D eigenvalue weighted by molar-refractivity contribution is 0.122. The number of aromatic nitrogens is 6. The predicted octanol–water partition coefficient (Wildman–Crippen LogP) is 3.76. The van der Waals surface area contributed by atoms with E-state index in [4.69, 9.17) is 14.2 Å². The average Bonchev–Trinajstić information content (AvgIpc) is 3.38. The van der Waals surface area contributed by atoms with E-state index in [1.807, 2.05) is 37.3 Å². The number of anilines is 3. The molecule has 0 spiro atoms. The summed E-state index contributed by atoms with van der Waals surface area (Å²) in [7, 11) is 1.68. The summed E-state index contributed by atoms with van der Waals surface area (Å²) in [5.74, 6) is 2.62. The third kappa shape index (κ3) is 4.09. The molecule has 0 bridgehead atoms. The highest BCUT2D eigenvalue weighted by molar-refractivity contribution is 6.03. The molecule has 0 aliphatic carbocycles. The summed E-state index contributed by atoms with van der Waals surface area (Å²) in [5.41, 5.74) is 4.27. The number of fused-ring (bicyclic) bond motifs is 2. The summed E-state index contributed by atoms with van der Waals surface area (Å²) in [4.78, 5) is 19.8. The standard InChI is InChI=1S/C25H24N8O3/c1-16-11-17(3-5-19(16)36-22-12-21-27-14-30-33(21)15-29-22)31-25-23-18(26-13-28-25)4-6-20(34-2)24(23)32-7-9-35-10-8-32/h3-6,11-15H,7-10H2,1-2H3,(H,26,28,31). The second-order valence-corrected chi connectivity index (χ2v) is 8.33. The van der Waals surface area contributed by atoms with Gasteiger partial charge < -0.3 is 24.4 Å². The molecule has 2 aromatic carbocycles. The Bertz CT molecular complexity index is 1550. The maximum absolute atomic E-state index is 6.01. The Labute approximate surface area is 206 Å². The van der Waals surface area contributed by atoms with E-state index in [2.05, 4.69) is 35.3 Å². The number of rotatable bonds is 6. The molecule has 1 saturated heterocycles. The Morgan fingerprint density at radius 3 is 2.64 bits per heavy atom. The van der Waals surface area contributed by atoms with E-state index in [0.29, 0.717) is 36.3 Å². The molecule has 36 heavy (non-hydrogen) atoms. The predicted molar refractivity (Wildman–Crippen MR) is 134 cm³/mol. The number of methoxy groups -OCH3 is 1. The van der Waals surface area contributed by atoms with Crippen molar-refractivity contribution in [2.24, 2.45) is 0 Å². The summed E-state index contributed by atoms with van der Waals surface area (Å²) in [5, 5.41) is 8.43. The molecule has 0 radical (unpaired) electrons. The van der Waals surface area contributed by atoms with Gasteiger partial charge in [0.15, 0.2) is 5.65 Å². The first-order valence-corrected chi connectivity index (χ1v) is 11.5. The maximum atomic E-state index is 6.01. The number of ether oxygens (including phenoxy) is 3. The van der Waals surface area contributed by atoms with Crippen LogP contribution in [0.5, 0.6) is 17.4 Å². The molecule has 11 nitrogen and oxygen atoms in total. The smallest absolute Gasteiger partial charge is 0.224 e. The molecule has 11 heteroatoms. The molecule has 5 aromatic rings. The van der Waals surface area contributed by atoms with E-state index in [1.54, 1.807) is 30.3 Å². The van der Waals surface area contributed by atoms with Crippen molar-refractivity contribution in [3.63, 3.8) is 0 Å². The van der Waals surface area contributed by atoms with Crippen LogP contribution in [0.4, 0.5) is 17.2 Å². The van der Waals surface area contributed by atoms with Crippen LogP contribution in [0.2, 0.25) is 0 Å². The van der Waals surface area contributed by atoms with Crippen LogP contribution < -0.4 is 19.7 Å². The Morgan fingerprint density at radius 1 is 0.944 bits per heavy atom. The van der Waals surface area contributed by atoms with Gasteiger partial charge in [0.25, 0.3) is 0 Å². The molecular formula is C25H24N8O3. The lowest BCUT2D eigenvalue weighted by atomic mass is 10.1. The molecule has 0 amide bonds. The number of nitrogens with one attached hydrogen (secondary N) is 1. The average molecular weight is 485 g/mol. The van der Waals surface area contributed by atoms with Gasteiger partial charge in [-0.25, -0.2) is 24.5 Å². The second kappa shape index (κ2) is 9.27. The molecule has 1 N–H and O–H groups in total. The molecule has 6 rings (SSSR count). The first kappa shape index (κ1) is 22.0. The number of morpholine rings is 1. The van der Waals surface area contributed by atoms with Gasteiger partial charge in [0.1, 0.15) is 36.3 Å². The molecule has 0 unspecified atom stereocenters. The molecule has 1 fully saturated rings. The van der Waals surface area contributed by atoms with Crippen LogP contribution in [0.1, 0.15) is 5.56 Å². The van der Waals surface area contributed by atoms with Crippen molar-refractivity contribution in [2.75, 3.05) is 43.6 Å². The van der Waals surface area contributed by atoms with Gasteiger partial charge in [-0.1, -0.05) is 0 Å². The monoisotopic (exact) mass is 484 g/mol. The number of aryl methyl sites for hydroxylation is 1. The van der Waals surface area contributed by atoms with Crippen molar-refractivity contribution in [1.82, 2.24) is 29.5 Å². The van der Waals surface area contributed by atoms with Crippen LogP contribution in [0.15, 0.2) is 55.4 Å². The maximum Gasteiger partial charge on any atom is 0.224 e. The Balaban J connectivity index is 1.33. The Kier molecular flexibility index (Phi) is 5.66. The fourth-order valence-corrected chi connectivity index (χ4v) is 4.33. The van der Waals surface area contributed by atoms with Gasteiger partial charge in [-0.3, -0.25) is 0 Å². The molecule has 4 heterocycles. The van der Waals surface area contributed by atoms with Gasteiger partial charge in [0, 0.05) is 24.8 Å². The normalized spacial score (nSPS) is 13.8. The van der Waals surface area contributed by atoms with Crippen LogP contribution in [-0.4, -0.2) is 63.0 Å². The van der Waals surface area contributed by atoms with Crippen molar-refractivity contribution >= 4 is 33.7 Å². The fraction of sp³-hybridized carbons (Fsp3) is 0.240. The summed E-state index contributed by atoms with van der Waals surface area (Å²) in [6.45, 7) is 4.84. The Morgan fingerprint density at radius 2 is 1.81 bits per heavy atom. The lowest BCUT2D eigenvalue weighted by Gasteiger charge is -2.31. The molecular weight excluding hydrogens is 460 g/mol. The number of nitrogens with zero attached hydrogens (tertiary/aromatic N) is 7. The Hall–Kier alpha value is -4.51. The van der Waals surface area contributed by atoms with Gasteiger partial charge in [0.05, 0.1) is 36.9 Å². The van der Waals surface area contributed by atoms with Gasteiger partial charge in [-0.15, -0.1) is 0 Å². The van der Waals surface area contributed by atoms with Gasteiger partial charge in [-0.05, 0) is 42.8 Å². The van der Waals surface area contributed by atoms with Crippen LogP contribution in [0.3, 0.4) is 0 Å². The minimum Gasteiger partial charge on any atom is -0.495 e. The molecule has 0 saturated carbocycles. The number of hydrogen-bond acceptors (Lipinski definition) is 10. The van der Waals surface area contributed by atoms with Crippen molar-refractivity contribution < 1.29 is 14.2 Å². The number of hydrogen-bond donors (Lipinski definition) is 1. The highest BCUT2D eigenvalue weighted by Crippen LogP contribution is 2.40. The van der Waals surface area contributed by atoms with E-state index < -0.39 is 0 Å². The molecule has 1 aliphatic heterocycles. The molecule has 1 aliphatic rings. The summed E-state index contributed by atoms with van der Waals surface area (Å²) in [6.07, 6.45) is 4.61. The third-order valence-corrected chi connectivity index (χ3v) is 6.09. The first-order valence-electron chi connectivity index (χ1n) is 11.5. The second-order valence-electron chi connectivity index (χ2n) is 8.33.